The maximum atomic E-state index is 6.13. The van der Waals surface area contributed by atoms with Crippen molar-refractivity contribution in [3.05, 3.63) is 17.2 Å². The summed E-state index contributed by atoms with van der Waals surface area (Å²) >= 11 is 6.13. The fourth-order valence-corrected chi connectivity index (χ4v) is 1.77. The predicted octanol–water partition coefficient (Wildman–Crippen LogP) is 3.53. The fourth-order valence-electron chi connectivity index (χ4n) is 1.55. The first-order chi connectivity index (χ1) is 7.66. The van der Waals surface area contributed by atoms with Gasteiger partial charge in [-0.1, -0.05) is 25.4 Å². The average Bonchev–Trinajstić information content (AvgIpc) is 2.64. The van der Waals surface area contributed by atoms with Crippen LogP contribution in [0.5, 0.6) is 11.5 Å². The summed E-state index contributed by atoms with van der Waals surface area (Å²) in [6.07, 6.45) is 1.12. The first kappa shape index (κ1) is 11.4. The molecule has 0 radical (unpaired) electrons. The van der Waals surface area contributed by atoms with Crippen molar-refractivity contribution in [2.24, 2.45) is 5.92 Å². The Bertz CT molecular complexity index is 380. The quantitative estimate of drug-likeness (QED) is 0.875. The topological polar surface area (TPSA) is 30.5 Å². The lowest BCUT2D eigenvalue weighted by molar-refractivity contribution is 0.174. The minimum absolute atomic E-state index is 0.279. The molecule has 1 heterocycles. The van der Waals surface area contributed by atoms with E-state index in [0.29, 0.717) is 10.9 Å². The van der Waals surface area contributed by atoms with Crippen molar-refractivity contribution < 1.29 is 9.47 Å². The van der Waals surface area contributed by atoms with Gasteiger partial charge in [0.2, 0.25) is 6.79 Å². The number of ether oxygens (including phenoxy) is 2. The van der Waals surface area contributed by atoms with E-state index in [9.17, 15) is 0 Å². The van der Waals surface area contributed by atoms with E-state index in [1.165, 1.54) is 0 Å². The van der Waals surface area contributed by atoms with Gasteiger partial charge in [0.05, 0.1) is 10.7 Å². The molecular formula is C12H16ClNO2. The van der Waals surface area contributed by atoms with Crippen molar-refractivity contribution in [3.8, 4) is 11.5 Å². The number of fused-ring (bicyclic) bond motifs is 1. The van der Waals surface area contributed by atoms with Crippen molar-refractivity contribution >= 4 is 17.3 Å². The summed E-state index contributed by atoms with van der Waals surface area (Å²) in [5.74, 6) is 2.16. The number of hydrogen-bond donors (Lipinski definition) is 1. The normalized spacial score (nSPS) is 13.2. The third-order valence-electron chi connectivity index (χ3n) is 2.50. The Hall–Kier alpha value is -1.09. The van der Waals surface area contributed by atoms with Crippen LogP contribution in [-0.2, 0) is 0 Å². The molecule has 1 aromatic rings. The Labute approximate surface area is 101 Å². The fraction of sp³-hybridized carbons (Fsp3) is 0.500. The third kappa shape index (κ3) is 2.53. The number of hydrogen-bond acceptors (Lipinski definition) is 3. The number of benzene rings is 1. The zero-order chi connectivity index (χ0) is 11.5. The van der Waals surface area contributed by atoms with Crippen LogP contribution in [0.1, 0.15) is 20.3 Å². The summed E-state index contributed by atoms with van der Waals surface area (Å²) in [5, 5.41) is 3.98. The second-order valence-electron chi connectivity index (χ2n) is 4.29. The summed E-state index contributed by atoms with van der Waals surface area (Å²) in [5.41, 5.74) is 0.909. The molecule has 0 fully saturated rings. The van der Waals surface area contributed by atoms with Crippen LogP contribution in [0, 0.1) is 5.92 Å². The summed E-state index contributed by atoms with van der Waals surface area (Å²) in [4.78, 5) is 0. The first-order valence-electron chi connectivity index (χ1n) is 5.50. The van der Waals surface area contributed by atoms with Gasteiger partial charge in [-0.2, -0.15) is 0 Å². The monoisotopic (exact) mass is 241 g/mol. The second kappa shape index (κ2) is 4.83. The largest absolute Gasteiger partial charge is 0.454 e. The minimum Gasteiger partial charge on any atom is -0.454 e. The Morgan fingerprint density at radius 1 is 1.31 bits per heavy atom. The van der Waals surface area contributed by atoms with Gasteiger partial charge in [-0.25, -0.2) is 0 Å². The van der Waals surface area contributed by atoms with Gasteiger partial charge in [0.15, 0.2) is 11.5 Å². The molecule has 16 heavy (non-hydrogen) atoms. The molecule has 1 N–H and O–H groups in total. The van der Waals surface area contributed by atoms with Gasteiger partial charge in [-0.05, 0) is 12.3 Å². The highest BCUT2D eigenvalue weighted by Gasteiger charge is 2.16. The van der Waals surface area contributed by atoms with E-state index >= 15 is 0 Å². The summed E-state index contributed by atoms with van der Waals surface area (Å²) < 4.78 is 10.5. The average molecular weight is 242 g/mol. The molecule has 0 atom stereocenters. The molecule has 88 valence electrons. The van der Waals surface area contributed by atoms with Crippen LogP contribution in [0.3, 0.4) is 0 Å². The predicted molar refractivity (Wildman–Crippen MR) is 65.5 cm³/mol. The highest BCUT2D eigenvalue weighted by Crippen LogP contribution is 2.39. The lowest BCUT2D eigenvalue weighted by Gasteiger charge is -2.10. The Morgan fingerprint density at radius 2 is 2.00 bits per heavy atom. The van der Waals surface area contributed by atoms with Crippen molar-refractivity contribution in [1.82, 2.24) is 0 Å². The molecule has 0 saturated carbocycles. The molecule has 0 saturated heterocycles. The van der Waals surface area contributed by atoms with Gasteiger partial charge in [0.1, 0.15) is 0 Å². The lowest BCUT2D eigenvalue weighted by Crippen LogP contribution is -2.05. The van der Waals surface area contributed by atoms with Crippen molar-refractivity contribution in [2.75, 3.05) is 18.7 Å². The van der Waals surface area contributed by atoms with Crippen LogP contribution in [0.2, 0.25) is 5.02 Å². The molecule has 1 aliphatic heterocycles. The molecule has 0 amide bonds. The Kier molecular flexibility index (Phi) is 3.44. The van der Waals surface area contributed by atoms with Crippen molar-refractivity contribution in [3.63, 3.8) is 0 Å². The molecule has 4 heteroatoms. The molecule has 0 bridgehead atoms. The van der Waals surface area contributed by atoms with Crippen LogP contribution in [0.25, 0.3) is 0 Å². The van der Waals surface area contributed by atoms with E-state index in [-0.39, 0.29) is 6.79 Å². The smallest absolute Gasteiger partial charge is 0.231 e. The zero-order valence-corrected chi connectivity index (χ0v) is 10.3. The molecule has 2 rings (SSSR count). The molecule has 0 unspecified atom stereocenters. The molecule has 1 aromatic carbocycles. The van der Waals surface area contributed by atoms with Gasteiger partial charge in [0, 0.05) is 18.7 Å². The van der Waals surface area contributed by atoms with Crippen LogP contribution >= 0.6 is 11.6 Å². The molecule has 0 aromatic heterocycles. The lowest BCUT2D eigenvalue weighted by atomic mass is 10.1. The van der Waals surface area contributed by atoms with E-state index in [0.717, 1.165) is 30.2 Å². The van der Waals surface area contributed by atoms with Gasteiger partial charge in [0.25, 0.3) is 0 Å². The summed E-state index contributed by atoms with van der Waals surface area (Å²) in [7, 11) is 0. The number of rotatable bonds is 4. The van der Waals surface area contributed by atoms with Gasteiger partial charge < -0.3 is 14.8 Å². The number of nitrogens with one attached hydrogen (secondary N) is 1. The molecule has 1 aliphatic rings. The van der Waals surface area contributed by atoms with E-state index in [1.54, 1.807) is 6.07 Å². The van der Waals surface area contributed by atoms with Gasteiger partial charge in [-0.3, -0.25) is 0 Å². The van der Waals surface area contributed by atoms with E-state index < -0.39 is 0 Å². The maximum Gasteiger partial charge on any atom is 0.231 e. The Balaban J connectivity index is 2.04. The highest BCUT2D eigenvalue weighted by atomic mass is 35.5. The van der Waals surface area contributed by atoms with Crippen LogP contribution in [0.4, 0.5) is 5.69 Å². The van der Waals surface area contributed by atoms with Crippen LogP contribution in [-0.4, -0.2) is 13.3 Å². The van der Waals surface area contributed by atoms with Gasteiger partial charge >= 0.3 is 0 Å². The van der Waals surface area contributed by atoms with E-state index in [1.807, 2.05) is 6.07 Å². The van der Waals surface area contributed by atoms with Gasteiger partial charge in [-0.15, -0.1) is 0 Å². The zero-order valence-electron chi connectivity index (χ0n) is 9.55. The Morgan fingerprint density at radius 3 is 2.69 bits per heavy atom. The van der Waals surface area contributed by atoms with E-state index in [2.05, 4.69) is 19.2 Å². The van der Waals surface area contributed by atoms with Crippen molar-refractivity contribution in [1.29, 1.82) is 0 Å². The number of halogens is 1. The maximum absolute atomic E-state index is 6.13. The van der Waals surface area contributed by atoms with Crippen LogP contribution in [0.15, 0.2) is 12.1 Å². The number of anilines is 1. The highest BCUT2D eigenvalue weighted by molar-refractivity contribution is 6.33. The molecular weight excluding hydrogens is 226 g/mol. The SMILES string of the molecule is CC(C)CCNc1cc2c(cc1Cl)OCO2. The minimum atomic E-state index is 0.279. The van der Waals surface area contributed by atoms with E-state index in [4.69, 9.17) is 21.1 Å². The molecule has 3 nitrogen and oxygen atoms in total. The second-order valence-corrected chi connectivity index (χ2v) is 4.70. The molecule has 0 aliphatic carbocycles. The first-order valence-corrected chi connectivity index (χ1v) is 5.87. The summed E-state index contributed by atoms with van der Waals surface area (Å²) in [6.45, 7) is 5.59. The standard InChI is InChI=1S/C12H16ClNO2/c1-8(2)3-4-14-10-6-12-11(5-9(10)13)15-7-16-12/h5-6,8,14H,3-4,7H2,1-2H3. The van der Waals surface area contributed by atoms with Crippen LogP contribution < -0.4 is 14.8 Å². The third-order valence-corrected chi connectivity index (χ3v) is 2.81. The molecule has 0 spiro atoms. The van der Waals surface area contributed by atoms with Crippen molar-refractivity contribution in [2.45, 2.75) is 20.3 Å². The summed E-state index contributed by atoms with van der Waals surface area (Å²) in [6, 6.07) is 3.69.